The van der Waals surface area contributed by atoms with Crippen molar-refractivity contribution in [3.8, 4) is 11.8 Å². The number of carbonyl (C=O) groups is 1. The van der Waals surface area contributed by atoms with Gasteiger partial charge in [0.2, 0.25) is 5.91 Å². The number of pyridine rings is 1. The van der Waals surface area contributed by atoms with Crippen LogP contribution in [0.4, 0.5) is 0 Å². The van der Waals surface area contributed by atoms with Crippen LogP contribution < -0.4 is 10.1 Å². The van der Waals surface area contributed by atoms with Gasteiger partial charge in [0.1, 0.15) is 16.8 Å². The molecule has 4 rings (SSSR count). The van der Waals surface area contributed by atoms with E-state index in [-0.39, 0.29) is 17.2 Å². The van der Waals surface area contributed by atoms with Crippen molar-refractivity contribution < 1.29 is 9.53 Å². The number of benzene rings is 1. The molecule has 28 heavy (non-hydrogen) atoms. The fourth-order valence-corrected chi connectivity index (χ4v) is 4.69. The maximum atomic E-state index is 12.8. The molecule has 2 heterocycles. The number of aromatic nitrogens is 1. The number of rotatable bonds is 4. The van der Waals surface area contributed by atoms with E-state index in [1.54, 1.807) is 0 Å². The Labute approximate surface area is 169 Å². The second-order valence-electron chi connectivity index (χ2n) is 7.26. The lowest BCUT2D eigenvalue weighted by Gasteiger charge is -2.27. The molecule has 1 aliphatic carbocycles. The summed E-state index contributed by atoms with van der Waals surface area (Å²) in [5, 5.41) is 13.0. The Morgan fingerprint density at radius 3 is 3.04 bits per heavy atom. The molecule has 0 spiro atoms. The SMILES string of the molecule is CC(Sc1nc2c(cc1C#N)CCCC2)C(=O)NC1CCOc2ccccc21. The van der Waals surface area contributed by atoms with E-state index in [1.807, 2.05) is 37.3 Å². The lowest BCUT2D eigenvalue weighted by atomic mass is 9.95. The van der Waals surface area contributed by atoms with Crippen molar-refractivity contribution in [2.75, 3.05) is 6.61 Å². The summed E-state index contributed by atoms with van der Waals surface area (Å²) < 4.78 is 5.67. The van der Waals surface area contributed by atoms with Gasteiger partial charge in [0, 0.05) is 17.7 Å². The highest BCUT2D eigenvalue weighted by Gasteiger charge is 2.26. The van der Waals surface area contributed by atoms with Crippen molar-refractivity contribution in [3.05, 3.63) is 52.7 Å². The van der Waals surface area contributed by atoms with Gasteiger partial charge in [0.15, 0.2) is 0 Å². The molecule has 0 saturated heterocycles. The summed E-state index contributed by atoms with van der Waals surface area (Å²) in [6.45, 7) is 2.46. The van der Waals surface area contributed by atoms with Crippen LogP contribution >= 0.6 is 11.8 Å². The minimum absolute atomic E-state index is 0.0462. The molecule has 1 N–H and O–H groups in total. The first-order valence-corrected chi connectivity index (χ1v) is 10.7. The van der Waals surface area contributed by atoms with Crippen molar-refractivity contribution >= 4 is 17.7 Å². The van der Waals surface area contributed by atoms with Gasteiger partial charge in [-0.25, -0.2) is 4.98 Å². The molecule has 0 bridgehead atoms. The van der Waals surface area contributed by atoms with Crippen LogP contribution in [0.5, 0.6) is 5.75 Å². The van der Waals surface area contributed by atoms with Gasteiger partial charge in [-0.1, -0.05) is 30.0 Å². The molecule has 1 aromatic heterocycles. The molecule has 2 atom stereocenters. The van der Waals surface area contributed by atoms with E-state index in [0.717, 1.165) is 49.1 Å². The van der Waals surface area contributed by atoms with E-state index in [0.29, 0.717) is 17.2 Å². The topological polar surface area (TPSA) is 75.0 Å². The number of hydrogen-bond acceptors (Lipinski definition) is 5. The molecule has 2 aliphatic rings. The zero-order valence-electron chi connectivity index (χ0n) is 15.9. The monoisotopic (exact) mass is 393 g/mol. The van der Waals surface area contributed by atoms with Crippen LogP contribution in [0.3, 0.4) is 0 Å². The summed E-state index contributed by atoms with van der Waals surface area (Å²) in [7, 11) is 0. The standard InChI is InChI=1S/C22H23N3O2S/c1-14(21(26)24-19-10-11-27-20-9-5-3-7-17(19)20)28-22-16(13-23)12-15-6-2-4-8-18(15)25-22/h3,5,7,9,12,14,19H,2,4,6,8,10-11H2,1H3,(H,24,26). The number of carbonyl (C=O) groups excluding carboxylic acids is 1. The molecular formula is C22H23N3O2S. The second kappa shape index (κ2) is 8.24. The number of nitriles is 1. The number of nitrogens with zero attached hydrogens (tertiary/aromatic N) is 2. The number of para-hydroxylation sites is 1. The Morgan fingerprint density at radius 2 is 2.18 bits per heavy atom. The molecule has 5 nitrogen and oxygen atoms in total. The largest absolute Gasteiger partial charge is 0.493 e. The summed E-state index contributed by atoms with van der Waals surface area (Å²) >= 11 is 1.37. The van der Waals surface area contributed by atoms with Gasteiger partial charge < -0.3 is 10.1 Å². The van der Waals surface area contributed by atoms with E-state index in [1.165, 1.54) is 17.3 Å². The van der Waals surface area contributed by atoms with Gasteiger partial charge in [0.05, 0.1) is 23.5 Å². The summed E-state index contributed by atoms with van der Waals surface area (Å²) in [5.74, 6) is 0.789. The number of nitrogens with one attached hydrogen (secondary N) is 1. The average molecular weight is 394 g/mol. The van der Waals surface area contributed by atoms with Gasteiger partial charge in [-0.15, -0.1) is 0 Å². The lowest BCUT2D eigenvalue weighted by Crippen LogP contribution is -2.36. The van der Waals surface area contributed by atoms with Crippen LogP contribution in [0.2, 0.25) is 0 Å². The Balaban J connectivity index is 1.48. The molecule has 1 amide bonds. The third-order valence-electron chi connectivity index (χ3n) is 5.32. The first kappa shape index (κ1) is 18.8. The Morgan fingerprint density at radius 1 is 1.36 bits per heavy atom. The van der Waals surface area contributed by atoms with Crippen molar-refractivity contribution in [1.82, 2.24) is 10.3 Å². The van der Waals surface area contributed by atoms with Crippen molar-refractivity contribution in [3.63, 3.8) is 0 Å². The Kier molecular flexibility index (Phi) is 5.54. The molecule has 1 aliphatic heterocycles. The van der Waals surface area contributed by atoms with Crippen LogP contribution in [-0.4, -0.2) is 22.7 Å². The molecular weight excluding hydrogens is 370 g/mol. The summed E-state index contributed by atoms with van der Waals surface area (Å²) in [6.07, 6.45) is 4.97. The van der Waals surface area contributed by atoms with E-state index >= 15 is 0 Å². The maximum absolute atomic E-state index is 12.8. The number of fused-ring (bicyclic) bond motifs is 2. The fraction of sp³-hybridized carbons (Fsp3) is 0.409. The van der Waals surface area contributed by atoms with Crippen LogP contribution in [0.1, 0.15) is 54.6 Å². The average Bonchev–Trinajstić information content (AvgIpc) is 2.73. The molecule has 2 aromatic rings. The van der Waals surface area contributed by atoms with Crippen molar-refractivity contribution in [2.24, 2.45) is 0 Å². The minimum Gasteiger partial charge on any atom is -0.493 e. The first-order chi connectivity index (χ1) is 13.7. The first-order valence-electron chi connectivity index (χ1n) is 9.77. The van der Waals surface area contributed by atoms with Gasteiger partial charge in [-0.3, -0.25) is 4.79 Å². The van der Waals surface area contributed by atoms with Crippen molar-refractivity contribution in [1.29, 1.82) is 5.26 Å². The Hall–Kier alpha value is -2.52. The summed E-state index contributed by atoms with van der Waals surface area (Å²) in [5.41, 5.74) is 3.85. The number of amides is 1. The van der Waals surface area contributed by atoms with Crippen LogP contribution in [0.25, 0.3) is 0 Å². The highest BCUT2D eigenvalue weighted by atomic mass is 32.2. The van der Waals surface area contributed by atoms with Crippen LogP contribution in [0, 0.1) is 11.3 Å². The van der Waals surface area contributed by atoms with Gasteiger partial charge in [0.25, 0.3) is 0 Å². The fourth-order valence-electron chi connectivity index (χ4n) is 3.79. The number of ether oxygens (including phenoxy) is 1. The highest BCUT2D eigenvalue weighted by Crippen LogP contribution is 2.33. The van der Waals surface area contributed by atoms with Crippen LogP contribution in [-0.2, 0) is 17.6 Å². The Bertz CT molecular complexity index is 938. The molecule has 0 radical (unpaired) electrons. The predicted molar refractivity (Wildman–Crippen MR) is 108 cm³/mol. The molecule has 1 aromatic carbocycles. The molecule has 0 saturated carbocycles. The third-order valence-corrected chi connectivity index (χ3v) is 6.42. The van der Waals surface area contributed by atoms with Gasteiger partial charge >= 0.3 is 0 Å². The van der Waals surface area contributed by atoms with E-state index in [4.69, 9.17) is 9.72 Å². The smallest absolute Gasteiger partial charge is 0.233 e. The molecule has 144 valence electrons. The number of hydrogen-bond donors (Lipinski definition) is 1. The molecule has 6 heteroatoms. The van der Waals surface area contributed by atoms with Crippen molar-refractivity contribution in [2.45, 2.75) is 55.3 Å². The highest BCUT2D eigenvalue weighted by molar-refractivity contribution is 8.00. The van der Waals surface area contributed by atoms with Gasteiger partial charge in [-0.05, 0) is 50.3 Å². The second-order valence-corrected chi connectivity index (χ2v) is 8.59. The molecule has 2 unspecified atom stereocenters. The van der Waals surface area contributed by atoms with E-state index in [2.05, 4.69) is 11.4 Å². The van der Waals surface area contributed by atoms with E-state index < -0.39 is 0 Å². The molecule has 0 fully saturated rings. The minimum atomic E-state index is -0.337. The normalized spacial score (nSPS) is 18.8. The lowest BCUT2D eigenvalue weighted by molar-refractivity contribution is -0.121. The van der Waals surface area contributed by atoms with E-state index in [9.17, 15) is 10.1 Å². The zero-order chi connectivity index (χ0) is 19.5. The van der Waals surface area contributed by atoms with Gasteiger partial charge in [-0.2, -0.15) is 5.26 Å². The summed E-state index contributed by atoms with van der Waals surface area (Å²) in [4.78, 5) is 17.6. The number of thioether (sulfide) groups is 1. The number of aryl methyl sites for hydroxylation is 2. The summed E-state index contributed by atoms with van der Waals surface area (Å²) in [6, 6.07) is 12.0. The van der Waals surface area contributed by atoms with Crippen LogP contribution in [0.15, 0.2) is 35.4 Å². The zero-order valence-corrected chi connectivity index (χ0v) is 16.7. The predicted octanol–water partition coefficient (Wildman–Crippen LogP) is 3.95. The third kappa shape index (κ3) is 3.85. The quantitative estimate of drug-likeness (QED) is 0.796. The maximum Gasteiger partial charge on any atom is 0.233 e.